The van der Waals surface area contributed by atoms with E-state index >= 15 is 0 Å². The zero-order chi connectivity index (χ0) is 19.5. The van der Waals surface area contributed by atoms with Gasteiger partial charge in [0.1, 0.15) is 0 Å². The van der Waals surface area contributed by atoms with Crippen molar-refractivity contribution in [3.05, 3.63) is 76.2 Å². The summed E-state index contributed by atoms with van der Waals surface area (Å²) in [4.78, 5) is 11.0. The number of hydrogen-bond donors (Lipinski definition) is 0. The highest BCUT2D eigenvalue weighted by atomic mass is 32.1. The van der Waals surface area contributed by atoms with Crippen molar-refractivity contribution >= 4 is 28.4 Å². The Bertz CT molecular complexity index is 1130. The van der Waals surface area contributed by atoms with Crippen LogP contribution >= 0.6 is 22.7 Å². The molecule has 0 unspecified atom stereocenters. The molecule has 3 heterocycles. The first-order valence-electron chi connectivity index (χ1n) is 9.04. The fourth-order valence-electron chi connectivity index (χ4n) is 2.80. The Morgan fingerprint density at radius 3 is 2.57 bits per heavy atom. The standard InChI is InChI=1S/C21H21N5S2/c1-15(2)23-21-26(19(13-28-21)20-5-4-12-27-20)24-16(3)17-6-8-18(9-7-17)25-11-10-22-14-25/h4-15H,1-3H3. The van der Waals surface area contributed by atoms with Gasteiger partial charge in [0.2, 0.25) is 4.80 Å². The summed E-state index contributed by atoms with van der Waals surface area (Å²) in [6, 6.07) is 12.7. The SMILES string of the molecule is CC(=Nn1c(-c2cccs2)csc1=NC(C)C)c1ccc(-n2ccnc2)cc1. The van der Waals surface area contributed by atoms with Gasteiger partial charge in [0, 0.05) is 29.5 Å². The first-order valence-corrected chi connectivity index (χ1v) is 10.8. The van der Waals surface area contributed by atoms with Gasteiger partial charge in [-0.1, -0.05) is 18.2 Å². The summed E-state index contributed by atoms with van der Waals surface area (Å²) in [5.41, 5.74) is 4.18. The quantitative estimate of drug-likeness (QED) is 0.427. The minimum atomic E-state index is 0.214. The van der Waals surface area contributed by atoms with E-state index in [1.165, 1.54) is 4.88 Å². The molecule has 7 heteroatoms. The van der Waals surface area contributed by atoms with Gasteiger partial charge in [-0.2, -0.15) is 5.10 Å². The Kier molecular flexibility index (Phi) is 5.36. The smallest absolute Gasteiger partial charge is 0.206 e. The summed E-state index contributed by atoms with van der Waals surface area (Å²) < 4.78 is 3.95. The van der Waals surface area contributed by atoms with Crippen molar-refractivity contribution in [3.8, 4) is 16.3 Å². The fraction of sp³-hybridized carbons (Fsp3) is 0.190. The van der Waals surface area contributed by atoms with Gasteiger partial charge in [0.15, 0.2) is 0 Å². The predicted octanol–water partition coefficient (Wildman–Crippen LogP) is 5.05. The Labute approximate surface area is 172 Å². The first kappa shape index (κ1) is 18.6. The van der Waals surface area contributed by atoms with Crippen molar-refractivity contribution in [2.45, 2.75) is 26.8 Å². The summed E-state index contributed by atoms with van der Waals surface area (Å²) in [5, 5.41) is 9.14. The highest BCUT2D eigenvalue weighted by molar-refractivity contribution is 7.14. The van der Waals surface area contributed by atoms with E-state index < -0.39 is 0 Å². The van der Waals surface area contributed by atoms with E-state index in [4.69, 9.17) is 10.1 Å². The summed E-state index contributed by atoms with van der Waals surface area (Å²) in [7, 11) is 0. The van der Waals surface area contributed by atoms with E-state index in [0.717, 1.165) is 27.5 Å². The van der Waals surface area contributed by atoms with Crippen LogP contribution in [0.15, 0.2) is 76.0 Å². The summed E-state index contributed by atoms with van der Waals surface area (Å²) in [6.07, 6.45) is 5.51. The number of rotatable bonds is 5. The maximum Gasteiger partial charge on any atom is 0.206 e. The number of benzene rings is 1. The van der Waals surface area contributed by atoms with Crippen LogP contribution in [-0.4, -0.2) is 26.0 Å². The van der Waals surface area contributed by atoms with Crippen LogP contribution < -0.4 is 4.80 Å². The molecule has 0 fully saturated rings. The van der Waals surface area contributed by atoms with Crippen molar-refractivity contribution in [1.82, 2.24) is 14.2 Å². The Morgan fingerprint density at radius 2 is 1.93 bits per heavy atom. The molecular formula is C21H21N5S2. The third-order valence-electron chi connectivity index (χ3n) is 4.17. The highest BCUT2D eigenvalue weighted by Crippen LogP contribution is 2.25. The maximum atomic E-state index is 4.93. The summed E-state index contributed by atoms with van der Waals surface area (Å²) >= 11 is 3.34. The number of imidazole rings is 1. The van der Waals surface area contributed by atoms with Crippen molar-refractivity contribution in [2.24, 2.45) is 10.1 Å². The van der Waals surface area contributed by atoms with Gasteiger partial charge < -0.3 is 4.57 Å². The average molecular weight is 408 g/mol. The largest absolute Gasteiger partial charge is 0.306 e. The molecule has 0 spiro atoms. The van der Waals surface area contributed by atoms with Crippen LogP contribution in [0.5, 0.6) is 0 Å². The maximum absolute atomic E-state index is 4.93. The molecule has 5 nitrogen and oxygen atoms in total. The topological polar surface area (TPSA) is 47.5 Å². The lowest BCUT2D eigenvalue weighted by Crippen LogP contribution is -2.16. The lowest BCUT2D eigenvalue weighted by Gasteiger charge is -2.07. The zero-order valence-electron chi connectivity index (χ0n) is 16.0. The molecule has 28 heavy (non-hydrogen) atoms. The van der Waals surface area contributed by atoms with Gasteiger partial charge in [-0.05, 0) is 49.9 Å². The van der Waals surface area contributed by atoms with Gasteiger partial charge in [-0.3, -0.25) is 4.99 Å². The van der Waals surface area contributed by atoms with Crippen LogP contribution in [0.25, 0.3) is 16.3 Å². The molecule has 0 saturated carbocycles. The van der Waals surface area contributed by atoms with Gasteiger partial charge in [-0.15, -0.1) is 22.7 Å². The van der Waals surface area contributed by atoms with Crippen LogP contribution in [0.2, 0.25) is 0 Å². The van der Waals surface area contributed by atoms with E-state index in [9.17, 15) is 0 Å². The summed E-state index contributed by atoms with van der Waals surface area (Å²) in [5.74, 6) is 0. The van der Waals surface area contributed by atoms with Gasteiger partial charge in [-0.25, -0.2) is 9.66 Å². The third kappa shape index (κ3) is 3.90. The van der Waals surface area contributed by atoms with Gasteiger partial charge >= 0.3 is 0 Å². The van der Waals surface area contributed by atoms with Gasteiger partial charge in [0.05, 0.1) is 22.6 Å². The lowest BCUT2D eigenvalue weighted by atomic mass is 10.1. The van der Waals surface area contributed by atoms with Crippen LogP contribution in [0.3, 0.4) is 0 Å². The molecule has 4 rings (SSSR count). The van der Waals surface area contributed by atoms with Crippen LogP contribution in [0, 0.1) is 0 Å². The molecule has 0 aliphatic heterocycles. The van der Waals surface area contributed by atoms with Crippen LogP contribution in [0.1, 0.15) is 26.3 Å². The van der Waals surface area contributed by atoms with E-state index in [1.54, 1.807) is 35.2 Å². The van der Waals surface area contributed by atoms with E-state index in [1.807, 2.05) is 22.4 Å². The average Bonchev–Trinajstić information content (AvgIpc) is 3.44. The minimum Gasteiger partial charge on any atom is -0.306 e. The van der Waals surface area contributed by atoms with Crippen molar-refractivity contribution in [3.63, 3.8) is 0 Å². The monoisotopic (exact) mass is 407 g/mol. The molecule has 142 valence electrons. The molecule has 0 amide bonds. The van der Waals surface area contributed by atoms with E-state index in [-0.39, 0.29) is 6.04 Å². The molecule has 1 aromatic carbocycles. The van der Waals surface area contributed by atoms with Crippen molar-refractivity contribution < 1.29 is 0 Å². The van der Waals surface area contributed by atoms with E-state index in [0.29, 0.717) is 0 Å². The molecule has 0 radical (unpaired) electrons. The first-order chi connectivity index (χ1) is 13.6. The molecule has 0 atom stereocenters. The number of thiazole rings is 1. The second kappa shape index (κ2) is 8.08. The zero-order valence-corrected chi connectivity index (χ0v) is 17.6. The molecule has 0 N–H and O–H groups in total. The van der Waals surface area contributed by atoms with Gasteiger partial charge in [0.25, 0.3) is 0 Å². The molecule has 4 aromatic rings. The molecule has 0 aliphatic carbocycles. The third-order valence-corrected chi connectivity index (χ3v) is 5.89. The molecule has 0 bridgehead atoms. The highest BCUT2D eigenvalue weighted by Gasteiger charge is 2.10. The molecule has 0 aliphatic rings. The Hall–Kier alpha value is -2.77. The second-order valence-electron chi connectivity index (χ2n) is 6.62. The van der Waals surface area contributed by atoms with Crippen LogP contribution in [-0.2, 0) is 0 Å². The van der Waals surface area contributed by atoms with E-state index in [2.05, 4.69) is 66.0 Å². The molecule has 0 saturated heterocycles. The molecule has 3 aromatic heterocycles. The Morgan fingerprint density at radius 1 is 1.11 bits per heavy atom. The minimum absolute atomic E-state index is 0.214. The predicted molar refractivity (Wildman–Crippen MR) is 117 cm³/mol. The van der Waals surface area contributed by atoms with Crippen LogP contribution in [0.4, 0.5) is 0 Å². The van der Waals surface area contributed by atoms with Crippen molar-refractivity contribution in [1.29, 1.82) is 0 Å². The number of aromatic nitrogens is 3. The Balaban J connectivity index is 1.74. The lowest BCUT2D eigenvalue weighted by molar-refractivity contribution is 0.753. The molecular weight excluding hydrogens is 386 g/mol. The van der Waals surface area contributed by atoms with Crippen molar-refractivity contribution in [2.75, 3.05) is 0 Å². The number of nitrogens with zero attached hydrogens (tertiary/aromatic N) is 5. The normalized spacial score (nSPS) is 12.9. The number of hydrogen-bond acceptors (Lipinski definition) is 5. The fourth-order valence-corrected chi connectivity index (χ4v) is 4.55. The number of thiophene rings is 1. The second-order valence-corrected chi connectivity index (χ2v) is 8.40. The summed E-state index contributed by atoms with van der Waals surface area (Å²) in [6.45, 7) is 6.20.